The first-order valence-electron chi connectivity index (χ1n) is 5.91. The van der Waals surface area contributed by atoms with E-state index >= 15 is 0 Å². The predicted octanol–water partition coefficient (Wildman–Crippen LogP) is 3.04. The van der Waals surface area contributed by atoms with Crippen molar-refractivity contribution in [2.24, 2.45) is 0 Å². The van der Waals surface area contributed by atoms with E-state index in [2.05, 4.69) is 19.9 Å². The Morgan fingerprint density at radius 2 is 2.00 bits per heavy atom. The van der Waals surface area contributed by atoms with Gasteiger partial charge in [-0.15, -0.1) is 0 Å². The summed E-state index contributed by atoms with van der Waals surface area (Å²) in [6, 6.07) is 5.24. The Hall–Kier alpha value is -2.18. The van der Waals surface area contributed by atoms with E-state index in [0.29, 0.717) is 22.5 Å². The summed E-state index contributed by atoms with van der Waals surface area (Å²) in [6.45, 7) is 0. The minimum Gasteiger partial charge on any atom is -0.495 e. The van der Waals surface area contributed by atoms with Crippen LogP contribution in [0.3, 0.4) is 0 Å². The molecule has 8 heteroatoms. The molecule has 0 fully saturated rings. The smallest absolute Gasteiger partial charge is 0.239 e. The van der Waals surface area contributed by atoms with E-state index in [1.165, 1.54) is 0 Å². The number of ether oxygens (including phenoxy) is 1. The van der Waals surface area contributed by atoms with Gasteiger partial charge in [0.15, 0.2) is 5.82 Å². The quantitative estimate of drug-likeness (QED) is 0.741. The molecule has 106 valence electrons. The zero-order valence-corrected chi connectivity index (χ0v) is 12.4. The number of hydrogen-bond donors (Lipinski definition) is 0. The van der Waals surface area contributed by atoms with E-state index in [4.69, 9.17) is 27.9 Å². The van der Waals surface area contributed by atoms with Crippen molar-refractivity contribution < 1.29 is 4.74 Å². The van der Waals surface area contributed by atoms with Crippen LogP contribution < -0.4 is 4.74 Å². The molecule has 0 N–H and O–H groups in total. The number of nitrogens with zero attached hydrogens (tertiary/aromatic N) is 5. The second-order valence-electron chi connectivity index (χ2n) is 4.05. The lowest BCUT2D eigenvalue weighted by molar-refractivity contribution is 0.415. The van der Waals surface area contributed by atoms with Gasteiger partial charge in [-0.1, -0.05) is 11.6 Å². The average molecular weight is 322 g/mol. The van der Waals surface area contributed by atoms with Crippen molar-refractivity contribution in [3.63, 3.8) is 0 Å². The van der Waals surface area contributed by atoms with Crippen molar-refractivity contribution in [3.8, 4) is 23.1 Å². The van der Waals surface area contributed by atoms with Crippen LogP contribution in [0.2, 0.25) is 10.3 Å². The van der Waals surface area contributed by atoms with Gasteiger partial charge in [0.2, 0.25) is 11.2 Å². The zero-order chi connectivity index (χ0) is 14.8. The van der Waals surface area contributed by atoms with Crippen molar-refractivity contribution in [2.75, 3.05) is 7.11 Å². The van der Waals surface area contributed by atoms with Gasteiger partial charge in [0.05, 0.1) is 12.1 Å². The Bertz CT molecular complexity index is 776. The van der Waals surface area contributed by atoms with Gasteiger partial charge in [-0.2, -0.15) is 15.0 Å². The third-order valence-electron chi connectivity index (χ3n) is 2.74. The zero-order valence-electron chi connectivity index (χ0n) is 10.9. The highest BCUT2D eigenvalue weighted by molar-refractivity contribution is 6.32. The topological polar surface area (TPSA) is 65.7 Å². The lowest BCUT2D eigenvalue weighted by atomic mass is 10.2. The maximum absolute atomic E-state index is 6.01. The summed E-state index contributed by atoms with van der Waals surface area (Å²) in [6.07, 6.45) is 4.93. The molecule has 0 saturated heterocycles. The first-order chi connectivity index (χ1) is 10.2. The normalized spacial score (nSPS) is 10.6. The van der Waals surface area contributed by atoms with E-state index in [9.17, 15) is 0 Å². The van der Waals surface area contributed by atoms with E-state index in [1.807, 2.05) is 0 Å². The second-order valence-corrected chi connectivity index (χ2v) is 4.79. The van der Waals surface area contributed by atoms with Crippen molar-refractivity contribution in [3.05, 3.63) is 47.2 Å². The largest absolute Gasteiger partial charge is 0.495 e. The first kappa shape index (κ1) is 13.8. The minimum atomic E-state index is 0.0950. The van der Waals surface area contributed by atoms with Crippen molar-refractivity contribution in [2.45, 2.75) is 0 Å². The molecule has 3 aromatic rings. The number of methoxy groups -OCH3 is 1. The molecular formula is C13H9Cl2N5O. The Morgan fingerprint density at radius 3 is 2.71 bits per heavy atom. The summed E-state index contributed by atoms with van der Waals surface area (Å²) >= 11 is 12.0. The average Bonchev–Trinajstić information content (AvgIpc) is 3.01. The maximum atomic E-state index is 6.01. The SMILES string of the molecule is COc1cc(-c2nc(Cl)nc(-n3ccnc3)n2)ccc1Cl. The number of hydrogen-bond acceptors (Lipinski definition) is 5. The molecule has 2 heterocycles. The molecule has 0 saturated carbocycles. The fourth-order valence-corrected chi connectivity index (χ4v) is 2.11. The lowest BCUT2D eigenvalue weighted by Crippen LogP contribution is -2.03. The fraction of sp³-hybridized carbons (Fsp3) is 0.0769. The van der Waals surface area contributed by atoms with Crippen molar-refractivity contribution >= 4 is 23.2 Å². The van der Waals surface area contributed by atoms with Gasteiger partial charge in [0, 0.05) is 18.0 Å². The standard InChI is InChI=1S/C13H9Cl2N5O/c1-21-10-6-8(2-3-9(10)14)11-17-12(15)19-13(18-11)20-5-4-16-7-20/h2-7H,1H3. The summed E-state index contributed by atoms with van der Waals surface area (Å²) in [5, 5.41) is 0.605. The Balaban J connectivity index is 2.10. The van der Waals surface area contributed by atoms with Crippen LogP contribution in [-0.4, -0.2) is 31.6 Å². The molecule has 0 bridgehead atoms. The van der Waals surface area contributed by atoms with Gasteiger partial charge in [-0.05, 0) is 29.8 Å². The third-order valence-corrected chi connectivity index (χ3v) is 3.22. The predicted molar refractivity (Wildman–Crippen MR) is 79.0 cm³/mol. The van der Waals surface area contributed by atoms with Crippen LogP contribution in [0.15, 0.2) is 36.9 Å². The van der Waals surface area contributed by atoms with E-state index < -0.39 is 0 Å². The highest BCUT2D eigenvalue weighted by atomic mass is 35.5. The van der Waals surface area contributed by atoms with Crippen LogP contribution >= 0.6 is 23.2 Å². The third kappa shape index (κ3) is 2.81. The molecule has 1 aromatic carbocycles. The molecule has 2 aromatic heterocycles. The Labute approximate surface area is 130 Å². The molecule has 0 radical (unpaired) electrons. The van der Waals surface area contributed by atoms with Gasteiger partial charge in [-0.25, -0.2) is 4.98 Å². The number of rotatable bonds is 3. The molecule has 0 aliphatic rings. The van der Waals surface area contributed by atoms with E-state index in [0.717, 1.165) is 5.56 Å². The van der Waals surface area contributed by atoms with Gasteiger partial charge in [0.1, 0.15) is 12.1 Å². The van der Waals surface area contributed by atoms with Crippen LogP contribution in [0.1, 0.15) is 0 Å². The lowest BCUT2D eigenvalue weighted by Gasteiger charge is -2.07. The summed E-state index contributed by atoms with van der Waals surface area (Å²) in [5.74, 6) is 1.35. The Kier molecular flexibility index (Phi) is 3.72. The van der Waals surface area contributed by atoms with Crippen molar-refractivity contribution in [1.82, 2.24) is 24.5 Å². The molecule has 0 unspecified atom stereocenters. The number of aromatic nitrogens is 5. The van der Waals surface area contributed by atoms with Gasteiger partial charge in [0.25, 0.3) is 0 Å². The molecule has 0 amide bonds. The maximum Gasteiger partial charge on any atom is 0.239 e. The molecule has 0 aliphatic carbocycles. The number of imidazole rings is 1. The van der Waals surface area contributed by atoms with Crippen LogP contribution in [0, 0.1) is 0 Å². The van der Waals surface area contributed by atoms with Crippen molar-refractivity contribution in [1.29, 1.82) is 0 Å². The molecule has 21 heavy (non-hydrogen) atoms. The highest BCUT2D eigenvalue weighted by Gasteiger charge is 2.11. The molecule has 6 nitrogen and oxygen atoms in total. The fourth-order valence-electron chi connectivity index (χ4n) is 1.76. The van der Waals surface area contributed by atoms with E-state index in [1.54, 1.807) is 48.6 Å². The summed E-state index contributed by atoms with van der Waals surface area (Å²) in [4.78, 5) is 16.5. The van der Waals surface area contributed by atoms with Crippen LogP contribution in [0.25, 0.3) is 17.3 Å². The first-order valence-corrected chi connectivity index (χ1v) is 6.67. The van der Waals surface area contributed by atoms with Crippen LogP contribution in [0.4, 0.5) is 0 Å². The molecule has 0 atom stereocenters. The number of benzene rings is 1. The summed E-state index contributed by atoms with van der Waals surface area (Å²) in [7, 11) is 1.54. The molecular weight excluding hydrogens is 313 g/mol. The summed E-state index contributed by atoms with van der Waals surface area (Å²) in [5.41, 5.74) is 0.724. The molecule has 3 rings (SSSR count). The van der Waals surface area contributed by atoms with Gasteiger partial charge < -0.3 is 4.74 Å². The van der Waals surface area contributed by atoms with E-state index in [-0.39, 0.29) is 5.28 Å². The van der Waals surface area contributed by atoms with Crippen LogP contribution in [0.5, 0.6) is 5.75 Å². The second kappa shape index (κ2) is 5.67. The molecule has 0 spiro atoms. The van der Waals surface area contributed by atoms with Crippen LogP contribution in [-0.2, 0) is 0 Å². The number of halogens is 2. The molecule has 0 aliphatic heterocycles. The highest BCUT2D eigenvalue weighted by Crippen LogP contribution is 2.29. The monoisotopic (exact) mass is 321 g/mol. The Morgan fingerprint density at radius 1 is 1.14 bits per heavy atom. The summed E-state index contributed by atoms with van der Waals surface area (Å²) < 4.78 is 6.83. The minimum absolute atomic E-state index is 0.0950. The van der Waals surface area contributed by atoms with Gasteiger partial charge >= 0.3 is 0 Å². The van der Waals surface area contributed by atoms with Gasteiger partial charge in [-0.3, -0.25) is 4.57 Å².